The van der Waals surface area contributed by atoms with E-state index in [1.807, 2.05) is 6.92 Å². The van der Waals surface area contributed by atoms with Gasteiger partial charge in [-0.1, -0.05) is 12.1 Å². The van der Waals surface area contributed by atoms with Gasteiger partial charge in [-0.2, -0.15) is 0 Å². The van der Waals surface area contributed by atoms with Crippen molar-refractivity contribution in [3.8, 4) is 0 Å². The number of nitrogens with zero attached hydrogens (tertiary/aromatic N) is 1. The molecule has 0 bridgehead atoms. The molecule has 1 aliphatic heterocycles. The minimum Gasteiger partial charge on any atom is -0.349 e. The van der Waals surface area contributed by atoms with E-state index in [0.717, 1.165) is 31.5 Å². The van der Waals surface area contributed by atoms with Gasteiger partial charge in [-0.15, -0.1) is 0 Å². The standard InChI is InChI=1S/C16H25N3O3S/c1-12(18-16(20)14-5-4-10-17-11-14)13-6-8-15(9-7-13)23(21,22)19(2)3/h6-9,12,14,17H,4-5,10-11H2,1-3H3,(H,18,20). The third-order valence-corrected chi connectivity index (χ3v) is 6.01. The molecule has 0 aliphatic carbocycles. The van der Waals surface area contributed by atoms with E-state index in [1.165, 1.54) is 18.4 Å². The van der Waals surface area contributed by atoms with Gasteiger partial charge in [0.05, 0.1) is 16.9 Å². The van der Waals surface area contributed by atoms with Gasteiger partial charge in [-0.25, -0.2) is 12.7 Å². The fourth-order valence-corrected chi connectivity index (χ4v) is 3.53. The first-order valence-corrected chi connectivity index (χ1v) is 9.30. The van der Waals surface area contributed by atoms with Crippen molar-refractivity contribution in [2.24, 2.45) is 5.92 Å². The fourth-order valence-electron chi connectivity index (χ4n) is 2.63. The number of nitrogens with one attached hydrogen (secondary N) is 2. The Labute approximate surface area is 138 Å². The summed E-state index contributed by atoms with van der Waals surface area (Å²) in [5.41, 5.74) is 0.889. The smallest absolute Gasteiger partial charge is 0.242 e. The van der Waals surface area contributed by atoms with E-state index in [0.29, 0.717) is 0 Å². The third-order valence-electron chi connectivity index (χ3n) is 4.19. The summed E-state index contributed by atoms with van der Waals surface area (Å²) in [6, 6.07) is 6.51. The minimum atomic E-state index is -3.42. The van der Waals surface area contributed by atoms with Crippen molar-refractivity contribution in [1.82, 2.24) is 14.9 Å². The highest BCUT2D eigenvalue weighted by molar-refractivity contribution is 7.89. The van der Waals surface area contributed by atoms with Gasteiger partial charge < -0.3 is 10.6 Å². The maximum Gasteiger partial charge on any atom is 0.242 e. The third kappa shape index (κ3) is 4.31. The highest BCUT2D eigenvalue weighted by Gasteiger charge is 2.23. The van der Waals surface area contributed by atoms with Gasteiger partial charge in [0.25, 0.3) is 0 Å². The van der Waals surface area contributed by atoms with Crippen molar-refractivity contribution < 1.29 is 13.2 Å². The van der Waals surface area contributed by atoms with Crippen LogP contribution in [-0.4, -0.2) is 45.8 Å². The Balaban J connectivity index is 2.02. The van der Waals surface area contributed by atoms with Crippen LogP contribution in [0.2, 0.25) is 0 Å². The molecule has 2 N–H and O–H groups in total. The van der Waals surface area contributed by atoms with E-state index in [9.17, 15) is 13.2 Å². The van der Waals surface area contributed by atoms with E-state index in [-0.39, 0.29) is 22.8 Å². The molecule has 1 fully saturated rings. The average molecular weight is 339 g/mol. The molecule has 1 amide bonds. The van der Waals surface area contributed by atoms with Crippen LogP contribution in [-0.2, 0) is 14.8 Å². The summed E-state index contributed by atoms with van der Waals surface area (Å²) < 4.78 is 25.3. The molecule has 0 radical (unpaired) electrons. The van der Waals surface area contributed by atoms with Crippen LogP contribution in [0.25, 0.3) is 0 Å². The lowest BCUT2D eigenvalue weighted by Gasteiger charge is -2.24. The summed E-state index contributed by atoms with van der Waals surface area (Å²) in [7, 11) is -0.413. The van der Waals surface area contributed by atoms with Crippen LogP contribution in [0.15, 0.2) is 29.2 Å². The zero-order chi connectivity index (χ0) is 17.0. The summed E-state index contributed by atoms with van der Waals surface area (Å²) in [4.78, 5) is 12.5. The first kappa shape index (κ1) is 17.9. The first-order valence-electron chi connectivity index (χ1n) is 7.86. The van der Waals surface area contributed by atoms with Crippen molar-refractivity contribution >= 4 is 15.9 Å². The molecule has 1 aromatic rings. The Hall–Kier alpha value is -1.44. The van der Waals surface area contributed by atoms with Crippen molar-refractivity contribution in [1.29, 1.82) is 0 Å². The van der Waals surface area contributed by atoms with Gasteiger partial charge in [0.1, 0.15) is 0 Å². The molecule has 2 rings (SSSR count). The van der Waals surface area contributed by atoms with E-state index < -0.39 is 10.0 Å². The number of carbonyl (C=O) groups excluding carboxylic acids is 1. The Morgan fingerprint density at radius 2 is 1.96 bits per heavy atom. The van der Waals surface area contributed by atoms with E-state index >= 15 is 0 Å². The Morgan fingerprint density at radius 1 is 1.30 bits per heavy atom. The second kappa shape index (κ2) is 7.42. The maximum absolute atomic E-state index is 12.2. The first-order chi connectivity index (χ1) is 10.8. The molecule has 7 heteroatoms. The number of piperidine rings is 1. The lowest BCUT2D eigenvalue weighted by Crippen LogP contribution is -2.41. The zero-order valence-corrected chi connectivity index (χ0v) is 14.7. The number of hydrogen-bond donors (Lipinski definition) is 2. The molecule has 128 valence electrons. The highest BCUT2D eigenvalue weighted by Crippen LogP contribution is 2.19. The fraction of sp³-hybridized carbons (Fsp3) is 0.562. The molecular weight excluding hydrogens is 314 g/mol. The number of rotatable bonds is 5. The van der Waals surface area contributed by atoms with Gasteiger partial charge in [-0.05, 0) is 44.0 Å². The minimum absolute atomic E-state index is 0.0135. The number of hydrogen-bond acceptors (Lipinski definition) is 4. The molecule has 23 heavy (non-hydrogen) atoms. The van der Waals surface area contributed by atoms with Gasteiger partial charge in [0, 0.05) is 20.6 Å². The Kier molecular flexibility index (Phi) is 5.78. The topological polar surface area (TPSA) is 78.5 Å². The molecule has 2 unspecified atom stereocenters. The van der Waals surface area contributed by atoms with Crippen LogP contribution in [0, 0.1) is 5.92 Å². The molecule has 1 aromatic carbocycles. The second-order valence-electron chi connectivity index (χ2n) is 6.13. The summed E-state index contributed by atoms with van der Waals surface area (Å²) in [5.74, 6) is 0.0641. The second-order valence-corrected chi connectivity index (χ2v) is 8.28. The molecule has 1 aliphatic rings. The zero-order valence-electron chi connectivity index (χ0n) is 13.9. The predicted octanol–water partition coefficient (Wildman–Crippen LogP) is 1.11. The van der Waals surface area contributed by atoms with Crippen molar-refractivity contribution in [2.45, 2.75) is 30.7 Å². The number of benzene rings is 1. The van der Waals surface area contributed by atoms with Crippen LogP contribution >= 0.6 is 0 Å². The van der Waals surface area contributed by atoms with Crippen LogP contribution < -0.4 is 10.6 Å². The van der Waals surface area contributed by atoms with Crippen molar-refractivity contribution in [2.75, 3.05) is 27.2 Å². The number of carbonyl (C=O) groups is 1. The monoisotopic (exact) mass is 339 g/mol. The number of sulfonamides is 1. The lowest BCUT2D eigenvalue weighted by atomic mass is 9.98. The lowest BCUT2D eigenvalue weighted by molar-refractivity contribution is -0.126. The number of amides is 1. The molecule has 6 nitrogen and oxygen atoms in total. The summed E-state index contributed by atoms with van der Waals surface area (Å²) in [5, 5.41) is 6.24. The summed E-state index contributed by atoms with van der Waals surface area (Å²) in [6.45, 7) is 3.60. The van der Waals surface area contributed by atoms with Gasteiger partial charge in [0.15, 0.2) is 0 Å². The molecule has 0 saturated carbocycles. The Morgan fingerprint density at radius 3 is 2.48 bits per heavy atom. The summed E-state index contributed by atoms with van der Waals surface area (Å²) >= 11 is 0. The van der Waals surface area contributed by atoms with Crippen LogP contribution in [0.3, 0.4) is 0 Å². The predicted molar refractivity (Wildman–Crippen MR) is 89.5 cm³/mol. The van der Waals surface area contributed by atoms with Crippen molar-refractivity contribution in [3.63, 3.8) is 0 Å². The normalized spacial score (nSPS) is 20.3. The van der Waals surface area contributed by atoms with Gasteiger partial charge in [0.2, 0.25) is 15.9 Å². The van der Waals surface area contributed by atoms with E-state index in [4.69, 9.17) is 0 Å². The Bertz CT molecular complexity index is 635. The largest absolute Gasteiger partial charge is 0.349 e. The highest BCUT2D eigenvalue weighted by atomic mass is 32.2. The van der Waals surface area contributed by atoms with Gasteiger partial charge in [-0.3, -0.25) is 4.79 Å². The van der Waals surface area contributed by atoms with E-state index in [1.54, 1.807) is 24.3 Å². The van der Waals surface area contributed by atoms with Gasteiger partial charge >= 0.3 is 0 Å². The maximum atomic E-state index is 12.2. The van der Waals surface area contributed by atoms with E-state index in [2.05, 4.69) is 10.6 Å². The average Bonchev–Trinajstić information content (AvgIpc) is 2.55. The molecule has 1 heterocycles. The molecule has 0 spiro atoms. The molecule has 1 saturated heterocycles. The van der Waals surface area contributed by atoms with Crippen LogP contribution in [0.5, 0.6) is 0 Å². The quantitative estimate of drug-likeness (QED) is 0.842. The van der Waals surface area contributed by atoms with Crippen molar-refractivity contribution in [3.05, 3.63) is 29.8 Å². The molecular formula is C16H25N3O3S. The van der Waals surface area contributed by atoms with Crippen LogP contribution in [0.1, 0.15) is 31.4 Å². The molecule has 2 atom stereocenters. The van der Waals surface area contributed by atoms with Crippen LogP contribution in [0.4, 0.5) is 0 Å². The SMILES string of the molecule is CC(NC(=O)C1CCCNC1)c1ccc(S(=O)(=O)N(C)C)cc1. The summed E-state index contributed by atoms with van der Waals surface area (Å²) in [6.07, 6.45) is 1.93. The molecule has 0 aromatic heterocycles.